The standard InChI is InChI=1S/C10H22N2O2S/c1-12(2)8-9-4-6-10(7-5-9)11-15(3,13)14/h9-11H,4-8H2,1-3H3. The lowest BCUT2D eigenvalue weighted by Crippen LogP contribution is -2.38. The van der Waals surface area contributed by atoms with Crippen LogP contribution >= 0.6 is 0 Å². The first-order chi connectivity index (χ1) is 6.87. The van der Waals surface area contributed by atoms with Gasteiger partial charge in [-0.25, -0.2) is 13.1 Å². The highest BCUT2D eigenvalue weighted by Gasteiger charge is 2.23. The van der Waals surface area contributed by atoms with E-state index in [2.05, 4.69) is 23.7 Å². The number of nitrogens with one attached hydrogen (secondary N) is 1. The molecule has 15 heavy (non-hydrogen) atoms. The summed E-state index contributed by atoms with van der Waals surface area (Å²) in [4.78, 5) is 2.20. The van der Waals surface area contributed by atoms with E-state index in [1.165, 1.54) is 6.26 Å². The van der Waals surface area contributed by atoms with Crippen LogP contribution in [0.5, 0.6) is 0 Å². The number of hydrogen-bond acceptors (Lipinski definition) is 3. The summed E-state index contributed by atoms with van der Waals surface area (Å²) in [6, 6.07) is 0.165. The summed E-state index contributed by atoms with van der Waals surface area (Å²) in [6.07, 6.45) is 5.45. The summed E-state index contributed by atoms with van der Waals surface area (Å²) < 4.78 is 24.8. The molecule has 4 nitrogen and oxygen atoms in total. The zero-order chi connectivity index (χ0) is 11.5. The Morgan fingerprint density at radius 3 is 2.13 bits per heavy atom. The molecule has 0 aromatic rings. The van der Waals surface area contributed by atoms with Crippen molar-refractivity contribution in [3.63, 3.8) is 0 Å². The van der Waals surface area contributed by atoms with E-state index in [1.54, 1.807) is 0 Å². The Bertz CT molecular complexity index is 280. The number of rotatable bonds is 4. The van der Waals surface area contributed by atoms with E-state index in [-0.39, 0.29) is 6.04 Å². The molecule has 1 aliphatic carbocycles. The van der Waals surface area contributed by atoms with Gasteiger partial charge >= 0.3 is 0 Å². The second kappa shape index (κ2) is 5.27. The van der Waals surface area contributed by atoms with Crippen LogP contribution in [0.1, 0.15) is 25.7 Å². The third kappa shape index (κ3) is 5.49. The van der Waals surface area contributed by atoms with Crippen molar-refractivity contribution in [1.29, 1.82) is 0 Å². The largest absolute Gasteiger partial charge is 0.309 e. The van der Waals surface area contributed by atoms with E-state index >= 15 is 0 Å². The van der Waals surface area contributed by atoms with Crippen LogP contribution in [0.2, 0.25) is 0 Å². The van der Waals surface area contributed by atoms with Crippen molar-refractivity contribution in [2.75, 3.05) is 26.9 Å². The highest BCUT2D eigenvalue weighted by molar-refractivity contribution is 7.88. The van der Waals surface area contributed by atoms with Crippen molar-refractivity contribution in [3.8, 4) is 0 Å². The van der Waals surface area contributed by atoms with Crippen molar-refractivity contribution in [1.82, 2.24) is 9.62 Å². The van der Waals surface area contributed by atoms with E-state index < -0.39 is 10.0 Å². The molecule has 0 bridgehead atoms. The SMILES string of the molecule is CN(C)CC1CCC(NS(C)(=O)=O)CC1. The predicted octanol–water partition coefficient (Wildman–Crippen LogP) is 0.656. The lowest BCUT2D eigenvalue weighted by molar-refractivity contribution is 0.244. The van der Waals surface area contributed by atoms with Gasteiger partial charge in [0, 0.05) is 12.6 Å². The second-order valence-corrected chi connectivity index (χ2v) is 6.65. The molecule has 0 atom stereocenters. The van der Waals surface area contributed by atoms with Crippen molar-refractivity contribution < 1.29 is 8.42 Å². The van der Waals surface area contributed by atoms with Gasteiger partial charge in [-0.1, -0.05) is 0 Å². The quantitative estimate of drug-likeness (QED) is 0.777. The van der Waals surface area contributed by atoms with E-state index in [1.807, 2.05) is 0 Å². The molecule has 0 aliphatic heterocycles. The van der Waals surface area contributed by atoms with E-state index in [0.29, 0.717) is 0 Å². The maximum absolute atomic E-state index is 11.0. The molecule has 0 amide bonds. The van der Waals surface area contributed by atoms with Gasteiger partial charge in [0.05, 0.1) is 6.26 Å². The van der Waals surface area contributed by atoms with Crippen molar-refractivity contribution in [2.24, 2.45) is 5.92 Å². The lowest BCUT2D eigenvalue weighted by atomic mass is 9.86. The lowest BCUT2D eigenvalue weighted by Gasteiger charge is -2.30. The first-order valence-electron chi connectivity index (χ1n) is 5.49. The smallest absolute Gasteiger partial charge is 0.208 e. The summed E-state index contributed by atoms with van der Waals surface area (Å²) >= 11 is 0. The molecular formula is C10H22N2O2S. The van der Waals surface area contributed by atoms with Crippen LogP contribution in [0.25, 0.3) is 0 Å². The highest BCUT2D eigenvalue weighted by Crippen LogP contribution is 2.24. The van der Waals surface area contributed by atoms with E-state index in [9.17, 15) is 8.42 Å². The third-order valence-electron chi connectivity index (χ3n) is 2.85. The molecule has 0 aromatic carbocycles. The third-order valence-corrected chi connectivity index (χ3v) is 3.61. The van der Waals surface area contributed by atoms with Crippen molar-refractivity contribution >= 4 is 10.0 Å². The first-order valence-corrected chi connectivity index (χ1v) is 7.38. The van der Waals surface area contributed by atoms with Crippen LogP contribution in [-0.4, -0.2) is 46.3 Å². The van der Waals surface area contributed by atoms with Gasteiger partial charge in [0.15, 0.2) is 0 Å². The van der Waals surface area contributed by atoms with Gasteiger partial charge in [0.25, 0.3) is 0 Å². The number of nitrogens with zero attached hydrogens (tertiary/aromatic N) is 1. The maximum atomic E-state index is 11.0. The van der Waals surface area contributed by atoms with Crippen molar-refractivity contribution in [2.45, 2.75) is 31.7 Å². The summed E-state index contributed by atoms with van der Waals surface area (Å²) in [5, 5.41) is 0. The molecule has 0 unspecified atom stereocenters. The van der Waals surface area contributed by atoms with E-state index in [4.69, 9.17) is 0 Å². The minimum atomic E-state index is -3.02. The minimum Gasteiger partial charge on any atom is -0.309 e. The summed E-state index contributed by atoms with van der Waals surface area (Å²) in [6.45, 7) is 1.12. The normalized spacial score (nSPS) is 28.3. The number of sulfonamides is 1. The predicted molar refractivity (Wildman–Crippen MR) is 62.3 cm³/mol. The van der Waals surface area contributed by atoms with Gasteiger partial charge in [0.1, 0.15) is 0 Å². The molecule has 1 rings (SSSR count). The molecule has 0 saturated heterocycles. The Labute approximate surface area is 93.1 Å². The van der Waals surface area contributed by atoms with Gasteiger partial charge in [0.2, 0.25) is 10.0 Å². The Morgan fingerprint density at radius 1 is 1.20 bits per heavy atom. The molecule has 0 radical (unpaired) electrons. The van der Waals surface area contributed by atoms with Crippen LogP contribution in [0.3, 0.4) is 0 Å². The molecule has 1 saturated carbocycles. The fourth-order valence-corrected chi connectivity index (χ4v) is 3.12. The van der Waals surface area contributed by atoms with Crippen molar-refractivity contribution in [3.05, 3.63) is 0 Å². The van der Waals surface area contributed by atoms with Gasteiger partial charge in [-0.05, 0) is 45.7 Å². The van der Waals surface area contributed by atoms with Gasteiger partial charge in [-0.3, -0.25) is 0 Å². The Balaban J connectivity index is 2.30. The first kappa shape index (κ1) is 12.9. The Hall–Kier alpha value is -0.130. The molecule has 1 fully saturated rings. The summed E-state index contributed by atoms with van der Waals surface area (Å²) in [7, 11) is 1.14. The van der Waals surface area contributed by atoms with E-state index in [0.717, 1.165) is 38.1 Å². The molecule has 0 aromatic heterocycles. The summed E-state index contributed by atoms with van der Waals surface area (Å²) in [5.41, 5.74) is 0. The maximum Gasteiger partial charge on any atom is 0.208 e. The number of hydrogen-bond donors (Lipinski definition) is 1. The topological polar surface area (TPSA) is 49.4 Å². The van der Waals surface area contributed by atoms with Crippen LogP contribution in [0.15, 0.2) is 0 Å². The molecule has 5 heteroatoms. The fraction of sp³-hybridized carbons (Fsp3) is 1.00. The molecule has 90 valence electrons. The van der Waals surface area contributed by atoms with Gasteiger partial charge < -0.3 is 4.90 Å². The Kier molecular flexibility index (Phi) is 4.55. The molecule has 0 heterocycles. The molecule has 0 spiro atoms. The van der Waals surface area contributed by atoms with Gasteiger partial charge in [-0.15, -0.1) is 0 Å². The van der Waals surface area contributed by atoms with Gasteiger partial charge in [-0.2, -0.15) is 0 Å². The zero-order valence-electron chi connectivity index (χ0n) is 9.86. The zero-order valence-corrected chi connectivity index (χ0v) is 10.7. The summed E-state index contributed by atoms with van der Waals surface area (Å²) in [5.74, 6) is 0.734. The Morgan fingerprint density at radius 2 is 1.73 bits per heavy atom. The molecule has 1 N–H and O–H groups in total. The highest BCUT2D eigenvalue weighted by atomic mass is 32.2. The second-order valence-electron chi connectivity index (χ2n) is 4.87. The van der Waals surface area contributed by atoms with Crippen LogP contribution in [0, 0.1) is 5.92 Å². The minimum absolute atomic E-state index is 0.165. The average Bonchev–Trinajstić information content (AvgIpc) is 2.05. The fourth-order valence-electron chi connectivity index (χ4n) is 2.28. The monoisotopic (exact) mass is 234 g/mol. The molecule has 1 aliphatic rings. The van der Waals surface area contributed by atoms with Crippen LogP contribution in [0.4, 0.5) is 0 Å². The molecular weight excluding hydrogens is 212 g/mol. The van der Waals surface area contributed by atoms with Crippen LogP contribution in [-0.2, 0) is 10.0 Å². The average molecular weight is 234 g/mol. The van der Waals surface area contributed by atoms with Crippen LogP contribution < -0.4 is 4.72 Å².